The van der Waals surface area contributed by atoms with Crippen molar-refractivity contribution in [1.82, 2.24) is 34.5 Å². The summed E-state index contributed by atoms with van der Waals surface area (Å²) in [5.74, 6) is 0.783. The molecule has 0 N–H and O–H groups in total. The van der Waals surface area contributed by atoms with Crippen LogP contribution in [0, 0.1) is 0 Å². The van der Waals surface area contributed by atoms with Crippen LogP contribution in [-0.4, -0.2) is 34.5 Å². The lowest BCUT2D eigenvalue weighted by Gasteiger charge is -2.09. The number of benzene rings is 14. The Morgan fingerprint density at radius 1 is 0.282 bits per heavy atom. The van der Waals surface area contributed by atoms with Gasteiger partial charge in [-0.2, -0.15) is 0 Å². The molecule has 1 aliphatic rings. The summed E-state index contributed by atoms with van der Waals surface area (Å²) in [6.07, 6.45) is 1.10. The average Bonchev–Trinajstić information content (AvgIpc) is 1.47. The van der Waals surface area contributed by atoms with Crippen molar-refractivity contribution in [3.63, 3.8) is 0 Å². The van der Waals surface area contributed by atoms with Gasteiger partial charge in [0.1, 0.15) is 44.7 Å². The Hall–Kier alpha value is -13.6. The van der Waals surface area contributed by atoms with Crippen LogP contribution in [0.4, 0.5) is 0 Å². The van der Waals surface area contributed by atoms with Gasteiger partial charge in [0.25, 0.3) is 0 Å². The molecule has 484 valence electrons. The molecule has 7 aromatic heterocycles. The number of rotatable bonds is 7. The monoisotopic (exact) mass is 1350 g/mol. The molecule has 103 heavy (non-hydrogen) atoms. The highest BCUT2D eigenvalue weighted by Crippen LogP contribution is 2.42. The lowest BCUT2D eigenvalue weighted by molar-refractivity contribution is 0.668. The van der Waals surface area contributed by atoms with Gasteiger partial charge in [-0.1, -0.05) is 230 Å². The molecule has 7 heterocycles. The van der Waals surface area contributed by atoms with E-state index in [0.717, 1.165) is 66.2 Å². The van der Waals surface area contributed by atoms with Crippen LogP contribution in [0.1, 0.15) is 24.8 Å². The number of halogens is 1. The van der Waals surface area contributed by atoms with E-state index in [-0.39, 0.29) is 46.1 Å². The van der Waals surface area contributed by atoms with Crippen molar-refractivity contribution in [3.8, 4) is 85.1 Å². The molecular weight excluding hydrogens is 1290 g/mol. The number of hydrogen-bond acceptors (Lipinski definition) is 10. The van der Waals surface area contributed by atoms with E-state index in [0.29, 0.717) is 71.9 Å². The highest BCUT2D eigenvalue weighted by molar-refractivity contribution is 6.31. The van der Waals surface area contributed by atoms with Gasteiger partial charge in [0.2, 0.25) is 0 Å². The van der Waals surface area contributed by atoms with E-state index in [2.05, 4.69) is 118 Å². The summed E-state index contributed by atoms with van der Waals surface area (Å²) in [5, 5.41) is 10.1. The molecule has 0 atom stereocenters. The highest BCUT2D eigenvalue weighted by atomic mass is 35.5. The Balaban J connectivity index is 0.000000129. The van der Waals surface area contributed by atoms with E-state index >= 15 is 0 Å². The van der Waals surface area contributed by atoms with E-state index in [1.807, 2.05) is 133 Å². The molecule has 0 bridgehead atoms. The summed E-state index contributed by atoms with van der Waals surface area (Å²) in [6.45, 7) is 0. The molecule has 11 nitrogen and oxygen atoms in total. The van der Waals surface area contributed by atoms with E-state index < -0.39 is 60.4 Å². The number of aromatic nitrogens is 7. The molecule has 0 amide bonds. The van der Waals surface area contributed by atoms with Crippen LogP contribution in [0.25, 0.3) is 195 Å². The second kappa shape index (κ2) is 24.4. The van der Waals surface area contributed by atoms with Crippen LogP contribution < -0.4 is 0 Å². The number of para-hydroxylation sites is 6. The molecule has 0 saturated carbocycles. The Bertz CT molecular complexity index is 7470. The Morgan fingerprint density at radius 2 is 0.650 bits per heavy atom. The van der Waals surface area contributed by atoms with Crippen molar-refractivity contribution in [2.45, 2.75) is 6.42 Å². The SMILES string of the molecule is [2H]c1c([2H])c([2H])c(-c2nc(-c3ccc4c(c3)oc3cc(-n5c6ccccc6c6ccccc65)ccc34)nc(-c3cccc4c3oc3ccccc34)n2)c([2H])c1[2H].[2H]c1c([2H])c([2H])c(-c2nc(-c3ccc4c(c3)oc3cc(Cl)ccc34)nc(-c3cccc4c3oc3ccccc34)n2)c([2H])c1[2H].c1ccc2c(c1)Cc1ccccc1-2. The van der Waals surface area contributed by atoms with Crippen molar-refractivity contribution in [1.29, 1.82) is 0 Å². The Labute approximate surface area is 606 Å². The molecule has 0 unspecified atom stereocenters. The summed E-state index contributed by atoms with van der Waals surface area (Å²) < 4.78 is 112. The minimum absolute atomic E-state index is 0.0596. The Morgan fingerprint density at radius 3 is 1.16 bits per heavy atom. The van der Waals surface area contributed by atoms with Crippen LogP contribution in [0.3, 0.4) is 0 Å². The predicted molar refractivity (Wildman–Crippen MR) is 415 cm³/mol. The smallest absolute Gasteiger partial charge is 0.167 e. The third-order valence-corrected chi connectivity index (χ3v) is 19.2. The van der Waals surface area contributed by atoms with Gasteiger partial charge in [0, 0.05) is 99.0 Å². The average molecular weight is 1350 g/mol. The first kappa shape index (κ1) is 49.8. The maximum atomic E-state index is 8.75. The largest absolute Gasteiger partial charge is 0.456 e. The van der Waals surface area contributed by atoms with Gasteiger partial charge >= 0.3 is 0 Å². The molecule has 0 spiro atoms. The molecule has 1 aliphatic carbocycles. The van der Waals surface area contributed by atoms with Crippen LogP contribution in [-0.2, 0) is 6.42 Å². The minimum atomic E-state index is -0.499. The summed E-state index contributed by atoms with van der Waals surface area (Å²) in [5.41, 5.74) is 16.0. The lowest BCUT2D eigenvalue weighted by atomic mass is 10.1. The fraction of sp³-hybridized carbons (Fsp3) is 0.0110. The van der Waals surface area contributed by atoms with Crippen LogP contribution >= 0.6 is 11.6 Å². The maximum absolute atomic E-state index is 8.75. The minimum Gasteiger partial charge on any atom is -0.456 e. The van der Waals surface area contributed by atoms with E-state index in [9.17, 15) is 0 Å². The van der Waals surface area contributed by atoms with Crippen LogP contribution in [0.2, 0.25) is 5.02 Å². The van der Waals surface area contributed by atoms with Gasteiger partial charge in [-0.15, -0.1) is 0 Å². The summed E-state index contributed by atoms with van der Waals surface area (Å²) >= 11 is 6.19. The first-order valence-corrected chi connectivity index (χ1v) is 33.7. The summed E-state index contributed by atoms with van der Waals surface area (Å²) in [6, 6.07) is 79.2. The van der Waals surface area contributed by atoms with Crippen molar-refractivity contribution >= 4 is 121 Å². The second-order valence-corrected chi connectivity index (χ2v) is 25.4. The number of hydrogen-bond donors (Lipinski definition) is 0. The molecular formula is C91H54ClN7O4. The summed E-state index contributed by atoms with van der Waals surface area (Å²) in [4.78, 5) is 28.6. The molecule has 21 aromatic rings. The van der Waals surface area contributed by atoms with E-state index in [1.54, 1.807) is 18.2 Å². The van der Waals surface area contributed by atoms with Gasteiger partial charge in [-0.05, 0) is 114 Å². The fourth-order valence-electron chi connectivity index (χ4n) is 14.3. The molecule has 22 rings (SSSR count). The fourth-order valence-corrected chi connectivity index (χ4v) is 14.4. The van der Waals surface area contributed by atoms with E-state index in [1.165, 1.54) is 33.0 Å². The standard InChI is InChI=1S/C45H26N4O2.C33H18ClN3O2.C13H10/c1-2-11-27(12-3-1)43-46-44(48-45(47-43)36-17-10-16-35-32-15-6-9-20-39(32)51-42(35)36)28-21-23-33-34-24-22-29(26-41(34)50-40(33)25-28)49-37-18-7-4-13-30(37)31-14-5-8-19-38(31)49;34-21-14-16-24-23-15-13-20(17-28(23)38-29(24)18-21)32-35-31(19-7-2-1-3-8-19)36-33(37-32)26-11-6-10-25-22-9-4-5-12-27(22)39-30(25)26;1-3-7-12-10(5-1)9-11-6-2-4-8-13(11)12/h1-26H;1-18H;1-8H,9H2/i1D,2D,3D,11D,12D;1D,2D,3D,7D,8D;. The van der Waals surface area contributed by atoms with Gasteiger partial charge in [-0.25, -0.2) is 29.9 Å². The van der Waals surface area contributed by atoms with Gasteiger partial charge in [0.15, 0.2) is 34.9 Å². The third-order valence-electron chi connectivity index (χ3n) is 19.0. The molecule has 0 radical (unpaired) electrons. The predicted octanol–water partition coefficient (Wildman–Crippen LogP) is 24.4. The zero-order chi connectivity index (χ0) is 76.8. The van der Waals surface area contributed by atoms with Crippen LogP contribution in [0.15, 0.2) is 333 Å². The topological polar surface area (TPSA) is 135 Å². The normalized spacial score (nSPS) is 13.3. The van der Waals surface area contributed by atoms with Crippen molar-refractivity contribution in [3.05, 3.63) is 331 Å². The molecule has 0 fully saturated rings. The number of furan rings is 4. The molecule has 12 heteroatoms. The second-order valence-electron chi connectivity index (χ2n) is 25.0. The van der Waals surface area contributed by atoms with Gasteiger partial charge < -0.3 is 22.2 Å². The number of fused-ring (bicyclic) bond motifs is 18. The van der Waals surface area contributed by atoms with Gasteiger partial charge in [-0.3, -0.25) is 0 Å². The zero-order valence-corrected chi connectivity index (χ0v) is 54.9. The van der Waals surface area contributed by atoms with Crippen molar-refractivity contribution < 1.29 is 31.4 Å². The highest BCUT2D eigenvalue weighted by Gasteiger charge is 2.23. The third kappa shape index (κ3) is 10.4. The first-order valence-electron chi connectivity index (χ1n) is 38.3. The van der Waals surface area contributed by atoms with Crippen molar-refractivity contribution in [2.75, 3.05) is 0 Å². The van der Waals surface area contributed by atoms with Crippen molar-refractivity contribution in [2.24, 2.45) is 0 Å². The Kier molecular flexibility index (Phi) is 11.8. The lowest BCUT2D eigenvalue weighted by Crippen LogP contribution is -2.00. The van der Waals surface area contributed by atoms with Crippen LogP contribution in [0.5, 0.6) is 0 Å². The number of nitrogens with zero attached hydrogens (tertiary/aromatic N) is 7. The molecule has 0 aliphatic heterocycles. The van der Waals surface area contributed by atoms with E-state index in [4.69, 9.17) is 62.9 Å². The molecule has 14 aromatic carbocycles. The zero-order valence-electron chi connectivity index (χ0n) is 64.1. The quantitative estimate of drug-likeness (QED) is 0.152. The first-order chi connectivity index (χ1) is 55.1. The maximum Gasteiger partial charge on any atom is 0.167 e. The van der Waals surface area contributed by atoms with Gasteiger partial charge in [0.05, 0.1) is 35.9 Å². The molecule has 0 saturated heterocycles. The summed E-state index contributed by atoms with van der Waals surface area (Å²) in [7, 11) is 0.